The van der Waals surface area contributed by atoms with E-state index < -0.39 is 0 Å². The average Bonchev–Trinajstić information content (AvgIpc) is 3.00. The van der Waals surface area contributed by atoms with Gasteiger partial charge in [-0.15, -0.1) is 11.8 Å². The lowest BCUT2D eigenvalue weighted by Gasteiger charge is -2.06. The largest absolute Gasteiger partial charge is 0.510 e. The van der Waals surface area contributed by atoms with Gasteiger partial charge in [0.1, 0.15) is 17.4 Å². The molecule has 0 bridgehead atoms. The number of thioether (sulfide) groups is 1. The van der Waals surface area contributed by atoms with Gasteiger partial charge in [-0.3, -0.25) is 0 Å². The quantitative estimate of drug-likeness (QED) is 0.409. The van der Waals surface area contributed by atoms with Crippen LogP contribution < -0.4 is 0 Å². The van der Waals surface area contributed by atoms with Crippen molar-refractivity contribution >= 4 is 28.4 Å². The van der Waals surface area contributed by atoms with Crippen LogP contribution >= 0.6 is 11.8 Å². The minimum Gasteiger partial charge on any atom is -0.510 e. The first kappa shape index (κ1) is 16.2. The molecule has 0 saturated carbocycles. The number of allylic oxidation sites excluding steroid dienone is 1. The molecule has 1 aromatic heterocycles. The molecule has 24 heavy (non-hydrogen) atoms. The number of rotatable bonds is 4. The van der Waals surface area contributed by atoms with Gasteiger partial charge in [-0.1, -0.05) is 18.2 Å². The van der Waals surface area contributed by atoms with E-state index in [0.29, 0.717) is 11.6 Å². The van der Waals surface area contributed by atoms with Crippen LogP contribution in [0, 0.1) is 25.2 Å². The third-order valence-electron chi connectivity index (χ3n) is 3.88. The maximum absolute atomic E-state index is 10.3. The van der Waals surface area contributed by atoms with Crippen LogP contribution in [0.15, 0.2) is 53.1 Å². The molecule has 120 valence electrons. The fourth-order valence-corrected chi connectivity index (χ4v) is 3.23. The topological polar surface area (TPSA) is 72.7 Å². The summed E-state index contributed by atoms with van der Waals surface area (Å²) in [5, 5.41) is 19.8. The predicted molar refractivity (Wildman–Crippen MR) is 97.9 cm³/mol. The lowest BCUT2D eigenvalue weighted by atomic mass is 10.1. The monoisotopic (exact) mass is 335 g/mol. The second-order valence-electron chi connectivity index (χ2n) is 5.57. The molecule has 2 N–H and O–H groups in total. The molecule has 0 atom stereocenters. The minimum absolute atomic E-state index is 0.0276. The number of H-pyrrole nitrogens is 1. The van der Waals surface area contributed by atoms with Gasteiger partial charge in [0.2, 0.25) is 0 Å². The standard InChI is InChI=1S/C19H17N3OS/c1-12-7-8-14(9-13(12)2)24-11-18(23)15(10-20)19-21-16-5-3-4-6-17(16)22-19/h3-9,23H,11H2,1-2H3,(H,21,22)/b18-15-. The highest BCUT2D eigenvalue weighted by Crippen LogP contribution is 2.26. The van der Waals surface area contributed by atoms with E-state index in [1.807, 2.05) is 30.3 Å². The van der Waals surface area contributed by atoms with Crippen molar-refractivity contribution in [2.75, 3.05) is 5.75 Å². The molecule has 0 aliphatic rings. The third kappa shape index (κ3) is 3.29. The number of nitriles is 1. The van der Waals surface area contributed by atoms with Gasteiger partial charge in [-0.05, 0) is 49.2 Å². The summed E-state index contributed by atoms with van der Waals surface area (Å²) in [6.45, 7) is 4.13. The highest BCUT2D eigenvalue weighted by atomic mass is 32.2. The molecule has 5 heteroatoms. The van der Waals surface area contributed by atoms with E-state index in [-0.39, 0.29) is 11.3 Å². The lowest BCUT2D eigenvalue weighted by molar-refractivity contribution is 0.420. The van der Waals surface area contributed by atoms with Crippen LogP contribution in [0.2, 0.25) is 0 Å². The first-order valence-corrected chi connectivity index (χ1v) is 8.54. The Hall–Kier alpha value is -2.71. The minimum atomic E-state index is 0.0276. The molecule has 0 aliphatic carbocycles. The van der Waals surface area contributed by atoms with Gasteiger partial charge in [-0.25, -0.2) is 4.98 Å². The van der Waals surface area contributed by atoms with Gasteiger partial charge in [0.05, 0.1) is 16.8 Å². The van der Waals surface area contributed by atoms with Gasteiger partial charge < -0.3 is 10.1 Å². The van der Waals surface area contributed by atoms with Crippen molar-refractivity contribution in [2.24, 2.45) is 0 Å². The first-order chi connectivity index (χ1) is 11.6. The summed E-state index contributed by atoms with van der Waals surface area (Å²) >= 11 is 1.50. The summed E-state index contributed by atoms with van der Waals surface area (Å²) in [5.41, 5.74) is 4.24. The van der Waals surface area contributed by atoms with Crippen LogP contribution in [0.4, 0.5) is 0 Å². The molecule has 1 heterocycles. The van der Waals surface area contributed by atoms with E-state index >= 15 is 0 Å². The van der Waals surface area contributed by atoms with Crippen molar-refractivity contribution in [1.82, 2.24) is 9.97 Å². The number of benzene rings is 2. The molecule has 2 aromatic carbocycles. The number of aromatic amines is 1. The number of imidazole rings is 1. The molecule has 3 aromatic rings. The van der Waals surface area contributed by atoms with E-state index in [1.165, 1.54) is 22.9 Å². The Kier molecular flexibility index (Phi) is 4.59. The normalized spacial score (nSPS) is 12.0. The van der Waals surface area contributed by atoms with Crippen molar-refractivity contribution in [3.63, 3.8) is 0 Å². The molecule has 0 amide bonds. The van der Waals surface area contributed by atoms with Crippen LogP contribution in [-0.4, -0.2) is 20.8 Å². The predicted octanol–water partition coefficient (Wildman–Crippen LogP) is 4.76. The van der Waals surface area contributed by atoms with Crippen molar-refractivity contribution in [3.05, 3.63) is 65.2 Å². The molecule has 0 fully saturated rings. The molecule has 3 rings (SSSR count). The molecule has 0 unspecified atom stereocenters. The van der Waals surface area contributed by atoms with E-state index in [1.54, 1.807) is 0 Å². The van der Waals surface area contributed by atoms with Gasteiger partial charge in [-0.2, -0.15) is 5.26 Å². The molecular formula is C19H17N3OS. The summed E-state index contributed by atoms with van der Waals surface area (Å²) in [6, 6.07) is 15.8. The molecule has 4 nitrogen and oxygen atoms in total. The first-order valence-electron chi connectivity index (χ1n) is 7.56. The summed E-state index contributed by atoms with van der Waals surface area (Å²) in [6.07, 6.45) is 0. The average molecular weight is 335 g/mol. The SMILES string of the molecule is Cc1ccc(SC/C(O)=C(\C#N)c2nc3ccccc3[nH]2)cc1C. The van der Waals surface area contributed by atoms with Crippen molar-refractivity contribution in [2.45, 2.75) is 18.7 Å². The number of aliphatic hydroxyl groups excluding tert-OH is 1. The number of aliphatic hydroxyl groups is 1. The maximum Gasteiger partial charge on any atom is 0.152 e. The zero-order chi connectivity index (χ0) is 17.1. The number of nitrogens with zero attached hydrogens (tertiary/aromatic N) is 2. The van der Waals surface area contributed by atoms with E-state index in [4.69, 9.17) is 0 Å². The molecular weight excluding hydrogens is 318 g/mol. The van der Waals surface area contributed by atoms with Crippen LogP contribution in [0.25, 0.3) is 16.6 Å². The smallest absolute Gasteiger partial charge is 0.152 e. The zero-order valence-corrected chi connectivity index (χ0v) is 14.3. The van der Waals surface area contributed by atoms with Crippen molar-refractivity contribution in [3.8, 4) is 6.07 Å². The van der Waals surface area contributed by atoms with Crippen LogP contribution in [0.1, 0.15) is 17.0 Å². The number of para-hydroxylation sites is 2. The summed E-state index contributed by atoms with van der Waals surface area (Å²) < 4.78 is 0. The Morgan fingerprint density at radius 3 is 2.71 bits per heavy atom. The van der Waals surface area contributed by atoms with Crippen LogP contribution in [-0.2, 0) is 0 Å². The van der Waals surface area contributed by atoms with Gasteiger partial charge in [0.25, 0.3) is 0 Å². The highest BCUT2D eigenvalue weighted by Gasteiger charge is 2.13. The molecule has 0 radical (unpaired) electrons. The Labute approximate surface area is 144 Å². The number of nitrogens with one attached hydrogen (secondary N) is 1. The van der Waals surface area contributed by atoms with Crippen LogP contribution in [0.5, 0.6) is 0 Å². The Bertz CT molecular complexity index is 933. The number of hydrogen-bond donors (Lipinski definition) is 2. The Morgan fingerprint density at radius 2 is 2.00 bits per heavy atom. The lowest BCUT2D eigenvalue weighted by Crippen LogP contribution is -1.95. The number of aryl methyl sites for hydroxylation is 2. The van der Waals surface area contributed by atoms with Crippen molar-refractivity contribution in [1.29, 1.82) is 5.26 Å². The van der Waals surface area contributed by atoms with E-state index in [2.05, 4.69) is 42.0 Å². The third-order valence-corrected chi connectivity index (χ3v) is 4.89. The summed E-state index contributed by atoms with van der Waals surface area (Å²) in [4.78, 5) is 8.52. The zero-order valence-electron chi connectivity index (χ0n) is 13.5. The highest BCUT2D eigenvalue weighted by molar-refractivity contribution is 7.99. The van der Waals surface area contributed by atoms with Crippen molar-refractivity contribution < 1.29 is 5.11 Å². The van der Waals surface area contributed by atoms with Gasteiger partial charge in [0, 0.05) is 4.90 Å². The number of fused-ring (bicyclic) bond motifs is 1. The second-order valence-corrected chi connectivity index (χ2v) is 6.62. The molecule has 0 saturated heterocycles. The molecule has 0 aliphatic heterocycles. The summed E-state index contributed by atoms with van der Waals surface area (Å²) in [7, 11) is 0. The molecule has 0 spiro atoms. The Morgan fingerprint density at radius 1 is 1.21 bits per heavy atom. The van der Waals surface area contributed by atoms with E-state index in [9.17, 15) is 10.4 Å². The maximum atomic E-state index is 10.3. The van der Waals surface area contributed by atoms with Gasteiger partial charge >= 0.3 is 0 Å². The number of hydrogen-bond acceptors (Lipinski definition) is 4. The second kappa shape index (κ2) is 6.81. The Balaban J connectivity index is 1.84. The fourth-order valence-electron chi connectivity index (χ4n) is 2.35. The van der Waals surface area contributed by atoms with Crippen LogP contribution in [0.3, 0.4) is 0 Å². The fraction of sp³-hybridized carbons (Fsp3) is 0.158. The number of aromatic nitrogens is 2. The summed E-state index contributed by atoms with van der Waals surface area (Å²) in [5.74, 6) is 0.749. The van der Waals surface area contributed by atoms with Gasteiger partial charge in [0.15, 0.2) is 5.82 Å². The van der Waals surface area contributed by atoms with E-state index in [0.717, 1.165) is 15.9 Å².